The molecule has 1 N–H and O–H groups in total. The fourth-order valence-electron chi connectivity index (χ4n) is 3.23. The first-order valence-electron chi connectivity index (χ1n) is 8.03. The van der Waals surface area contributed by atoms with Gasteiger partial charge in [-0.25, -0.2) is 4.68 Å². The SMILES string of the molecule is Cc1ccc(-c2nn(C3CCNC3)c(=O)c3ccccc23)cc1. The molecule has 23 heavy (non-hydrogen) atoms. The Morgan fingerprint density at radius 1 is 1.09 bits per heavy atom. The number of hydrogen-bond acceptors (Lipinski definition) is 3. The van der Waals surface area contributed by atoms with Gasteiger partial charge in [0.2, 0.25) is 0 Å². The molecule has 1 aliphatic rings. The van der Waals surface area contributed by atoms with E-state index in [2.05, 4.69) is 36.5 Å². The van der Waals surface area contributed by atoms with Gasteiger partial charge in [0, 0.05) is 17.5 Å². The van der Waals surface area contributed by atoms with E-state index in [1.54, 1.807) is 4.68 Å². The standard InChI is InChI=1S/C19H19N3O/c1-13-6-8-14(9-7-13)18-16-4-2-3-5-17(16)19(23)22(21-18)15-10-11-20-12-15/h2-9,15,20H,10-12H2,1H3. The Labute approximate surface area is 134 Å². The van der Waals surface area contributed by atoms with Crippen LogP contribution >= 0.6 is 0 Å². The maximum atomic E-state index is 12.8. The summed E-state index contributed by atoms with van der Waals surface area (Å²) in [6, 6.07) is 16.2. The number of aromatic nitrogens is 2. The topological polar surface area (TPSA) is 46.9 Å². The molecule has 1 aromatic heterocycles. The summed E-state index contributed by atoms with van der Waals surface area (Å²) in [6.07, 6.45) is 0.943. The van der Waals surface area contributed by atoms with Gasteiger partial charge in [-0.15, -0.1) is 0 Å². The van der Waals surface area contributed by atoms with Gasteiger partial charge in [-0.1, -0.05) is 48.0 Å². The molecule has 2 aromatic carbocycles. The molecule has 0 aliphatic carbocycles. The molecule has 0 saturated carbocycles. The molecule has 2 heterocycles. The number of benzene rings is 2. The highest BCUT2D eigenvalue weighted by Gasteiger charge is 2.21. The second-order valence-electron chi connectivity index (χ2n) is 6.16. The summed E-state index contributed by atoms with van der Waals surface area (Å²) in [7, 11) is 0. The lowest BCUT2D eigenvalue weighted by molar-refractivity contribution is 0.471. The van der Waals surface area contributed by atoms with Gasteiger partial charge in [-0.05, 0) is 26.0 Å². The minimum Gasteiger partial charge on any atom is -0.315 e. The van der Waals surface area contributed by atoms with E-state index < -0.39 is 0 Å². The molecule has 0 radical (unpaired) electrons. The molecule has 4 heteroatoms. The lowest BCUT2D eigenvalue weighted by Crippen LogP contribution is -2.29. The van der Waals surface area contributed by atoms with Crippen LogP contribution in [0.5, 0.6) is 0 Å². The highest BCUT2D eigenvalue weighted by Crippen LogP contribution is 2.26. The third kappa shape index (κ3) is 2.45. The highest BCUT2D eigenvalue weighted by molar-refractivity contribution is 5.93. The fourth-order valence-corrected chi connectivity index (χ4v) is 3.23. The molecule has 0 bridgehead atoms. The van der Waals surface area contributed by atoms with Crippen LogP contribution in [0.15, 0.2) is 53.3 Å². The van der Waals surface area contributed by atoms with Crippen molar-refractivity contribution in [2.75, 3.05) is 13.1 Å². The second kappa shape index (κ2) is 5.63. The van der Waals surface area contributed by atoms with Crippen molar-refractivity contribution in [2.45, 2.75) is 19.4 Å². The predicted octanol–water partition coefficient (Wildman–Crippen LogP) is 2.91. The Bertz CT molecular complexity index is 906. The van der Waals surface area contributed by atoms with E-state index in [0.717, 1.165) is 41.5 Å². The molecule has 0 amide bonds. The second-order valence-corrected chi connectivity index (χ2v) is 6.16. The zero-order valence-corrected chi connectivity index (χ0v) is 13.1. The summed E-state index contributed by atoms with van der Waals surface area (Å²) in [5.74, 6) is 0. The van der Waals surface area contributed by atoms with Crippen molar-refractivity contribution in [3.63, 3.8) is 0 Å². The van der Waals surface area contributed by atoms with Crippen LogP contribution in [0.2, 0.25) is 0 Å². The lowest BCUT2D eigenvalue weighted by atomic mass is 10.0. The van der Waals surface area contributed by atoms with E-state index in [9.17, 15) is 4.79 Å². The van der Waals surface area contributed by atoms with Gasteiger partial charge >= 0.3 is 0 Å². The van der Waals surface area contributed by atoms with Gasteiger partial charge in [0.25, 0.3) is 5.56 Å². The monoisotopic (exact) mass is 305 g/mol. The van der Waals surface area contributed by atoms with E-state index in [0.29, 0.717) is 0 Å². The fraction of sp³-hybridized carbons (Fsp3) is 0.263. The Kier molecular flexibility index (Phi) is 3.46. The molecule has 4 rings (SSSR count). The molecule has 1 fully saturated rings. The Morgan fingerprint density at radius 3 is 2.52 bits per heavy atom. The molecule has 1 saturated heterocycles. The Hall–Kier alpha value is -2.46. The van der Waals surface area contributed by atoms with Crippen LogP contribution in [0, 0.1) is 6.92 Å². The van der Waals surface area contributed by atoms with Crippen LogP contribution < -0.4 is 10.9 Å². The van der Waals surface area contributed by atoms with Crippen molar-refractivity contribution >= 4 is 10.8 Å². The summed E-state index contributed by atoms with van der Waals surface area (Å²) in [6.45, 7) is 3.81. The van der Waals surface area contributed by atoms with Crippen LogP contribution in [0.1, 0.15) is 18.0 Å². The van der Waals surface area contributed by atoms with Crippen molar-refractivity contribution in [1.82, 2.24) is 15.1 Å². The van der Waals surface area contributed by atoms with Crippen molar-refractivity contribution in [2.24, 2.45) is 0 Å². The number of aryl methyl sites for hydroxylation is 1. The smallest absolute Gasteiger partial charge is 0.274 e. The third-order valence-electron chi connectivity index (χ3n) is 4.53. The summed E-state index contributed by atoms with van der Waals surface area (Å²) < 4.78 is 1.68. The van der Waals surface area contributed by atoms with Gasteiger partial charge in [-0.3, -0.25) is 4.79 Å². The van der Waals surface area contributed by atoms with Crippen LogP contribution in [-0.4, -0.2) is 22.9 Å². The van der Waals surface area contributed by atoms with Gasteiger partial charge in [0.1, 0.15) is 0 Å². The summed E-state index contributed by atoms with van der Waals surface area (Å²) >= 11 is 0. The molecular weight excluding hydrogens is 286 g/mol. The van der Waals surface area contributed by atoms with Crippen molar-refractivity contribution in [3.8, 4) is 11.3 Å². The summed E-state index contributed by atoms with van der Waals surface area (Å²) in [5, 5.41) is 9.72. The largest absolute Gasteiger partial charge is 0.315 e. The van der Waals surface area contributed by atoms with Crippen LogP contribution in [0.3, 0.4) is 0 Å². The van der Waals surface area contributed by atoms with Crippen LogP contribution in [0.25, 0.3) is 22.0 Å². The first kappa shape index (κ1) is 14.2. The molecule has 1 aliphatic heterocycles. The normalized spacial score (nSPS) is 17.7. The van der Waals surface area contributed by atoms with Gasteiger partial charge in [0.15, 0.2) is 0 Å². The molecule has 1 unspecified atom stereocenters. The summed E-state index contributed by atoms with van der Waals surface area (Å²) in [5.41, 5.74) is 3.15. The first-order chi connectivity index (χ1) is 11.2. The maximum Gasteiger partial charge on any atom is 0.274 e. The van der Waals surface area contributed by atoms with Crippen molar-refractivity contribution in [3.05, 3.63) is 64.4 Å². The number of nitrogens with zero attached hydrogens (tertiary/aromatic N) is 2. The van der Waals surface area contributed by atoms with Crippen LogP contribution in [0.4, 0.5) is 0 Å². The summed E-state index contributed by atoms with van der Waals surface area (Å²) in [4.78, 5) is 12.8. The first-order valence-corrected chi connectivity index (χ1v) is 8.03. The predicted molar refractivity (Wildman–Crippen MR) is 92.7 cm³/mol. The number of hydrogen-bond donors (Lipinski definition) is 1. The number of nitrogens with one attached hydrogen (secondary N) is 1. The quantitative estimate of drug-likeness (QED) is 0.792. The molecule has 116 valence electrons. The Morgan fingerprint density at radius 2 is 1.83 bits per heavy atom. The van der Waals surface area contributed by atoms with Crippen molar-refractivity contribution < 1.29 is 0 Å². The number of rotatable bonds is 2. The van der Waals surface area contributed by atoms with Gasteiger partial charge in [0.05, 0.1) is 17.1 Å². The average Bonchev–Trinajstić information content (AvgIpc) is 3.11. The van der Waals surface area contributed by atoms with E-state index >= 15 is 0 Å². The van der Waals surface area contributed by atoms with E-state index in [1.807, 2.05) is 24.3 Å². The third-order valence-corrected chi connectivity index (χ3v) is 4.53. The Balaban J connectivity index is 2.00. The van der Waals surface area contributed by atoms with E-state index in [1.165, 1.54) is 5.56 Å². The van der Waals surface area contributed by atoms with Crippen LogP contribution in [-0.2, 0) is 0 Å². The molecule has 3 aromatic rings. The molecule has 1 atom stereocenters. The minimum atomic E-state index is 0.00478. The highest BCUT2D eigenvalue weighted by atomic mass is 16.1. The zero-order valence-electron chi connectivity index (χ0n) is 13.1. The average molecular weight is 305 g/mol. The molecule has 4 nitrogen and oxygen atoms in total. The lowest BCUT2D eigenvalue weighted by Gasteiger charge is -2.15. The van der Waals surface area contributed by atoms with Gasteiger partial charge < -0.3 is 5.32 Å². The number of fused-ring (bicyclic) bond motifs is 1. The van der Waals surface area contributed by atoms with Crippen molar-refractivity contribution in [1.29, 1.82) is 0 Å². The van der Waals surface area contributed by atoms with Gasteiger partial charge in [-0.2, -0.15) is 5.10 Å². The van der Waals surface area contributed by atoms with E-state index in [-0.39, 0.29) is 11.6 Å². The zero-order chi connectivity index (χ0) is 15.8. The molecular formula is C19H19N3O. The maximum absolute atomic E-state index is 12.8. The molecule has 0 spiro atoms. The minimum absolute atomic E-state index is 0.00478. The van der Waals surface area contributed by atoms with E-state index in [4.69, 9.17) is 5.10 Å².